The van der Waals surface area contributed by atoms with Gasteiger partial charge in [-0.2, -0.15) is 0 Å². The molecule has 1 aliphatic rings. The first kappa shape index (κ1) is 17.8. The number of aromatic nitrogens is 1. The number of pyridine rings is 1. The molecule has 0 aliphatic carbocycles. The lowest BCUT2D eigenvalue weighted by Crippen LogP contribution is -2.35. The number of halogens is 2. The van der Waals surface area contributed by atoms with Crippen LogP contribution in [0.5, 0.6) is 0 Å². The summed E-state index contributed by atoms with van der Waals surface area (Å²) in [7, 11) is 0. The molecular weight excluding hydrogens is 383 g/mol. The summed E-state index contributed by atoms with van der Waals surface area (Å²) in [6.45, 7) is 0.849. The van der Waals surface area contributed by atoms with Gasteiger partial charge in [-0.15, -0.1) is 0 Å². The highest BCUT2D eigenvalue weighted by Gasteiger charge is 2.27. The maximum atomic E-state index is 13.0. The van der Waals surface area contributed by atoms with E-state index in [2.05, 4.69) is 0 Å². The van der Waals surface area contributed by atoms with Gasteiger partial charge in [-0.05, 0) is 47.9 Å². The normalized spacial score (nSPS) is 12.9. The molecule has 2 aromatic carbocycles. The molecule has 1 aliphatic heterocycles. The van der Waals surface area contributed by atoms with Crippen molar-refractivity contribution in [3.05, 3.63) is 97.9 Å². The van der Waals surface area contributed by atoms with Crippen molar-refractivity contribution in [2.75, 3.05) is 11.4 Å². The van der Waals surface area contributed by atoms with Crippen molar-refractivity contribution < 1.29 is 4.79 Å². The number of fused-ring (bicyclic) bond motifs is 1. The number of rotatable bonds is 3. The third-order valence-electron chi connectivity index (χ3n) is 4.74. The van der Waals surface area contributed by atoms with Gasteiger partial charge in [0.05, 0.1) is 6.54 Å². The highest BCUT2D eigenvalue weighted by molar-refractivity contribution is 6.35. The highest BCUT2D eigenvalue weighted by Crippen LogP contribution is 2.28. The Kier molecular flexibility index (Phi) is 4.77. The summed E-state index contributed by atoms with van der Waals surface area (Å²) in [5.41, 5.74) is 2.57. The molecule has 4 nitrogen and oxygen atoms in total. The number of hydrogen-bond donors (Lipinski definition) is 0. The number of nitrogens with zero attached hydrogens (tertiary/aromatic N) is 2. The molecule has 0 N–H and O–H groups in total. The van der Waals surface area contributed by atoms with Crippen LogP contribution in [0.4, 0.5) is 5.69 Å². The molecule has 0 saturated carbocycles. The smallest absolute Gasteiger partial charge is 0.263 e. The van der Waals surface area contributed by atoms with Crippen LogP contribution in [0.15, 0.2) is 65.6 Å². The molecule has 136 valence electrons. The van der Waals surface area contributed by atoms with E-state index in [4.69, 9.17) is 23.2 Å². The number of amides is 1. The highest BCUT2D eigenvalue weighted by atomic mass is 35.5. The van der Waals surface area contributed by atoms with Crippen molar-refractivity contribution in [2.45, 2.75) is 13.0 Å². The lowest BCUT2D eigenvalue weighted by molar-refractivity contribution is 0.0987. The standard InChI is InChI=1S/C21H16Cl2N2O2/c22-16-8-7-15(18(23)12-16)13-24-10-3-5-17(20(24)26)21(27)25-11-9-14-4-1-2-6-19(14)25/h1-8,10,12H,9,11,13H2. The zero-order valence-corrected chi connectivity index (χ0v) is 15.9. The third-order valence-corrected chi connectivity index (χ3v) is 5.33. The largest absolute Gasteiger partial charge is 0.310 e. The minimum absolute atomic E-state index is 0.152. The Labute approximate surface area is 166 Å². The van der Waals surface area contributed by atoms with Crippen LogP contribution in [0.2, 0.25) is 10.0 Å². The Hall–Kier alpha value is -2.56. The molecule has 0 unspecified atom stereocenters. The van der Waals surface area contributed by atoms with E-state index in [1.807, 2.05) is 24.3 Å². The minimum atomic E-state index is -0.335. The maximum absolute atomic E-state index is 13.0. The topological polar surface area (TPSA) is 42.3 Å². The van der Waals surface area contributed by atoms with Crippen LogP contribution in [-0.4, -0.2) is 17.0 Å². The van der Waals surface area contributed by atoms with Gasteiger partial charge in [-0.1, -0.05) is 47.5 Å². The van der Waals surface area contributed by atoms with Crippen LogP contribution in [0.25, 0.3) is 0 Å². The quantitative estimate of drug-likeness (QED) is 0.655. The molecule has 4 rings (SSSR count). The van der Waals surface area contributed by atoms with E-state index in [0.717, 1.165) is 23.2 Å². The molecule has 3 aromatic rings. The fraction of sp³-hybridized carbons (Fsp3) is 0.143. The predicted molar refractivity (Wildman–Crippen MR) is 108 cm³/mol. The molecule has 1 aromatic heterocycles. The predicted octanol–water partition coefficient (Wildman–Crippen LogP) is 4.41. The lowest BCUT2D eigenvalue weighted by Gasteiger charge is -2.17. The van der Waals surface area contributed by atoms with E-state index in [1.165, 1.54) is 4.57 Å². The number of hydrogen-bond acceptors (Lipinski definition) is 2. The molecule has 0 radical (unpaired) electrons. The molecule has 6 heteroatoms. The zero-order chi connectivity index (χ0) is 19.0. The van der Waals surface area contributed by atoms with Gasteiger partial charge < -0.3 is 9.47 Å². The van der Waals surface area contributed by atoms with Crippen molar-refractivity contribution in [1.29, 1.82) is 0 Å². The summed E-state index contributed by atoms with van der Waals surface area (Å²) in [5.74, 6) is -0.276. The number of benzene rings is 2. The second-order valence-corrected chi connectivity index (χ2v) is 7.27. The van der Waals surface area contributed by atoms with Crippen LogP contribution in [0, 0.1) is 0 Å². The molecule has 0 spiro atoms. The Balaban J connectivity index is 1.66. The lowest BCUT2D eigenvalue weighted by atomic mass is 10.1. The fourth-order valence-corrected chi connectivity index (χ4v) is 3.82. The van der Waals surface area contributed by atoms with E-state index < -0.39 is 0 Å². The molecule has 27 heavy (non-hydrogen) atoms. The molecular formula is C21H16Cl2N2O2. The second-order valence-electron chi connectivity index (χ2n) is 6.43. The average molecular weight is 399 g/mol. The molecule has 1 amide bonds. The van der Waals surface area contributed by atoms with Crippen LogP contribution >= 0.6 is 23.2 Å². The van der Waals surface area contributed by atoms with E-state index in [1.54, 1.807) is 41.4 Å². The summed E-state index contributed by atoms with van der Waals surface area (Å²) in [6.07, 6.45) is 2.45. The maximum Gasteiger partial charge on any atom is 0.263 e. The van der Waals surface area contributed by atoms with Gasteiger partial charge in [0.15, 0.2) is 0 Å². The van der Waals surface area contributed by atoms with Gasteiger partial charge in [0.2, 0.25) is 0 Å². The Morgan fingerprint density at radius 1 is 1.04 bits per heavy atom. The van der Waals surface area contributed by atoms with Crippen molar-refractivity contribution in [3.63, 3.8) is 0 Å². The SMILES string of the molecule is O=C(c1cccn(Cc2ccc(Cl)cc2Cl)c1=O)N1CCc2ccccc21. The number of carbonyl (C=O) groups is 1. The van der Waals surface area contributed by atoms with Crippen LogP contribution in [0.1, 0.15) is 21.5 Å². The molecule has 0 saturated heterocycles. The molecule has 0 bridgehead atoms. The van der Waals surface area contributed by atoms with Gasteiger partial charge in [0.25, 0.3) is 11.5 Å². The second kappa shape index (κ2) is 7.22. The van der Waals surface area contributed by atoms with Crippen molar-refractivity contribution in [2.24, 2.45) is 0 Å². The van der Waals surface area contributed by atoms with Crippen molar-refractivity contribution >= 4 is 34.8 Å². The van der Waals surface area contributed by atoms with Crippen LogP contribution < -0.4 is 10.5 Å². The summed E-state index contributed by atoms with van der Waals surface area (Å²) >= 11 is 12.1. The van der Waals surface area contributed by atoms with Crippen LogP contribution in [0.3, 0.4) is 0 Å². The first-order chi connectivity index (χ1) is 13.0. The summed E-state index contributed by atoms with van der Waals surface area (Å²) < 4.78 is 1.49. The van der Waals surface area contributed by atoms with Gasteiger partial charge in [-0.25, -0.2) is 0 Å². The zero-order valence-electron chi connectivity index (χ0n) is 14.4. The third kappa shape index (κ3) is 3.38. The number of para-hydroxylation sites is 1. The van der Waals surface area contributed by atoms with Gasteiger partial charge >= 0.3 is 0 Å². The summed E-state index contributed by atoms with van der Waals surface area (Å²) in [5, 5.41) is 1.02. The van der Waals surface area contributed by atoms with E-state index in [9.17, 15) is 9.59 Å². The van der Waals surface area contributed by atoms with Gasteiger partial charge in [0.1, 0.15) is 5.56 Å². The van der Waals surface area contributed by atoms with Gasteiger partial charge in [-0.3, -0.25) is 9.59 Å². The van der Waals surface area contributed by atoms with E-state index >= 15 is 0 Å². The molecule has 2 heterocycles. The van der Waals surface area contributed by atoms with Crippen molar-refractivity contribution in [3.8, 4) is 0 Å². The summed E-state index contributed by atoms with van der Waals surface area (Å²) in [6, 6.07) is 16.2. The minimum Gasteiger partial charge on any atom is -0.310 e. The monoisotopic (exact) mass is 398 g/mol. The van der Waals surface area contributed by atoms with E-state index in [-0.39, 0.29) is 23.6 Å². The van der Waals surface area contributed by atoms with Crippen LogP contribution in [-0.2, 0) is 13.0 Å². The number of carbonyl (C=O) groups excluding carboxylic acids is 1. The Morgan fingerprint density at radius 2 is 1.85 bits per heavy atom. The Bertz CT molecular complexity index is 1090. The van der Waals surface area contributed by atoms with Gasteiger partial charge in [0, 0.05) is 28.5 Å². The Morgan fingerprint density at radius 3 is 2.67 bits per heavy atom. The van der Waals surface area contributed by atoms with E-state index in [0.29, 0.717) is 16.6 Å². The first-order valence-electron chi connectivity index (χ1n) is 8.58. The first-order valence-corrected chi connectivity index (χ1v) is 9.33. The fourth-order valence-electron chi connectivity index (χ4n) is 3.35. The number of anilines is 1. The average Bonchev–Trinajstić information content (AvgIpc) is 3.09. The molecule has 0 atom stereocenters. The van der Waals surface area contributed by atoms with Crippen molar-refractivity contribution in [1.82, 2.24) is 4.57 Å². The molecule has 0 fully saturated rings. The summed E-state index contributed by atoms with van der Waals surface area (Å²) in [4.78, 5) is 27.6.